The number of hydrogen-bond donors (Lipinski definition) is 1. The van der Waals surface area contributed by atoms with Crippen LogP contribution in [-0.2, 0) is 6.18 Å². The molecule has 1 aromatic rings. The summed E-state index contributed by atoms with van der Waals surface area (Å²) in [6.07, 6.45) is -4.53. The number of benzene rings is 1. The first-order valence-corrected chi connectivity index (χ1v) is 4.98. The normalized spacial score (nSPS) is 11.5. The highest BCUT2D eigenvalue weighted by Crippen LogP contribution is 2.36. The van der Waals surface area contributed by atoms with E-state index in [1.165, 1.54) is 13.0 Å². The van der Waals surface area contributed by atoms with Gasteiger partial charge in [-0.2, -0.15) is 13.2 Å². The van der Waals surface area contributed by atoms with Gasteiger partial charge in [-0.1, -0.05) is 0 Å². The van der Waals surface area contributed by atoms with Crippen LogP contribution in [0.2, 0.25) is 0 Å². The van der Waals surface area contributed by atoms with E-state index in [9.17, 15) is 18.0 Å². The Hall–Kier alpha value is -0.790. The maximum atomic E-state index is 12.5. The van der Waals surface area contributed by atoms with Gasteiger partial charge in [-0.3, -0.25) is 4.79 Å². The zero-order valence-corrected chi connectivity index (χ0v) is 9.81. The minimum atomic E-state index is -4.53. The van der Waals surface area contributed by atoms with Crippen molar-refractivity contribution in [3.8, 4) is 0 Å². The molecule has 0 atom stereocenters. The molecular formula is C9H7F3INO. The second-order valence-electron chi connectivity index (χ2n) is 2.97. The summed E-state index contributed by atoms with van der Waals surface area (Å²) in [5.74, 6) is -0.475. The van der Waals surface area contributed by atoms with Crippen LogP contribution < -0.4 is 5.73 Å². The zero-order valence-electron chi connectivity index (χ0n) is 7.65. The molecule has 0 fully saturated rings. The van der Waals surface area contributed by atoms with E-state index in [-0.39, 0.29) is 5.56 Å². The Kier molecular flexibility index (Phi) is 3.27. The number of halogens is 4. The summed E-state index contributed by atoms with van der Waals surface area (Å²) in [6.45, 7) is 1.18. The molecule has 0 aliphatic heterocycles. The molecule has 0 saturated carbocycles. The van der Waals surface area contributed by atoms with Crippen molar-refractivity contribution in [2.24, 2.45) is 0 Å². The van der Waals surface area contributed by atoms with E-state index in [2.05, 4.69) is 0 Å². The summed E-state index contributed by atoms with van der Waals surface area (Å²) in [5, 5.41) is 0. The molecule has 0 saturated heterocycles. The van der Waals surface area contributed by atoms with Gasteiger partial charge in [0.15, 0.2) is 5.78 Å². The quantitative estimate of drug-likeness (QED) is 0.489. The van der Waals surface area contributed by atoms with E-state index >= 15 is 0 Å². The van der Waals surface area contributed by atoms with Crippen molar-refractivity contribution >= 4 is 34.1 Å². The lowest BCUT2D eigenvalue weighted by atomic mass is 10.0. The fourth-order valence-corrected chi connectivity index (χ4v) is 1.77. The lowest BCUT2D eigenvalue weighted by Crippen LogP contribution is -2.13. The van der Waals surface area contributed by atoms with Crippen LogP contribution in [0.25, 0.3) is 0 Å². The molecule has 0 bridgehead atoms. The second-order valence-corrected chi connectivity index (χ2v) is 4.21. The molecule has 82 valence electrons. The topological polar surface area (TPSA) is 43.1 Å². The highest BCUT2D eigenvalue weighted by Gasteiger charge is 2.34. The molecule has 2 N–H and O–H groups in total. The van der Waals surface area contributed by atoms with E-state index < -0.39 is 23.2 Å². The molecule has 0 aliphatic carbocycles. The first kappa shape index (κ1) is 12.3. The summed E-state index contributed by atoms with van der Waals surface area (Å²) >= 11 is 1.71. The van der Waals surface area contributed by atoms with Gasteiger partial charge in [0.2, 0.25) is 0 Å². The van der Waals surface area contributed by atoms with E-state index in [1.54, 1.807) is 22.6 Å². The van der Waals surface area contributed by atoms with Crippen molar-refractivity contribution in [1.29, 1.82) is 0 Å². The average Bonchev–Trinajstić information content (AvgIpc) is 2.06. The third kappa shape index (κ3) is 2.61. The average molecular weight is 329 g/mol. The van der Waals surface area contributed by atoms with Crippen molar-refractivity contribution in [3.05, 3.63) is 26.8 Å². The van der Waals surface area contributed by atoms with Gasteiger partial charge in [-0.05, 0) is 41.6 Å². The number of ketones is 1. The van der Waals surface area contributed by atoms with Gasteiger partial charge in [0.05, 0.1) is 11.3 Å². The minimum absolute atomic E-state index is 0.0887. The molecule has 0 spiro atoms. The molecular weight excluding hydrogens is 322 g/mol. The van der Waals surface area contributed by atoms with E-state index in [4.69, 9.17) is 5.73 Å². The van der Waals surface area contributed by atoms with Gasteiger partial charge in [0.1, 0.15) is 0 Å². The fraction of sp³-hybridized carbons (Fsp3) is 0.222. The number of Topliss-reactive ketones (excluding diaryl/α,β-unsaturated/α-hetero) is 1. The third-order valence-electron chi connectivity index (χ3n) is 1.83. The number of hydrogen-bond acceptors (Lipinski definition) is 2. The number of anilines is 1. The lowest BCUT2D eigenvalue weighted by Gasteiger charge is -2.12. The molecule has 15 heavy (non-hydrogen) atoms. The van der Waals surface area contributed by atoms with Crippen LogP contribution in [0.3, 0.4) is 0 Å². The van der Waals surface area contributed by atoms with E-state index in [1.807, 2.05) is 0 Å². The van der Waals surface area contributed by atoms with Crippen molar-refractivity contribution in [2.75, 3.05) is 5.73 Å². The Morgan fingerprint density at radius 3 is 2.33 bits per heavy atom. The molecule has 0 radical (unpaired) electrons. The largest absolute Gasteiger partial charge is 0.418 e. The Bertz CT molecular complexity index is 415. The van der Waals surface area contributed by atoms with Crippen molar-refractivity contribution in [3.63, 3.8) is 0 Å². The van der Waals surface area contributed by atoms with Crippen LogP contribution >= 0.6 is 22.6 Å². The molecule has 0 unspecified atom stereocenters. The summed E-state index contributed by atoms with van der Waals surface area (Å²) in [5.41, 5.74) is 3.74. The number of nitrogen functional groups attached to an aromatic ring is 1. The van der Waals surface area contributed by atoms with E-state index in [0.29, 0.717) is 3.57 Å². The van der Waals surface area contributed by atoms with Crippen LogP contribution in [-0.4, -0.2) is 5.78 Å². The van der Waals surface area contributed by atoms with Crippen LogP contribution in [0.1, 0.15) is 22.8 Å². The molecule has 0 aromatic heterocycles. The van der Waals surface area contributed by atoms with Crippen molar-refractivity contribution in [1.82, 2.24) is 0 Å². The van der Waals surface area contributed by atoms with Gasteiger partial charge in [0, 0.05) is 9.13 Å². The van der Waals surface area contributed by atoms with Crippen LogP contribution in [0, 0.1) is 3.57 Å². The minimum Gasteiger partial charge on any atom is -0.398 e. The predicted molar refractivity (Wildman–Crippen MR) is 58.6 cm³/mol. The Labute approximate surface area is 97.8 Å². The lowest BCUT2D eigenvalue weighted by molar-refractivity contribution is -0.136. The van der Waals surface area contributed by atoms with E-state index in [0.717, 1.165) is 6.07 Å². The molecule has 1 aromatic carbocycles. The molecule has 0 heterocycles. The van der Waals surface area contributed by atoms with Crippen LogP contribution in [0.4, 0.5) is 18.9 Å². The SMILES string of the molecule is CC(=O)c1cc(I)cc(C(F)(F)F)c1N. The smallest absolute Gasteiger partial charge is 0.398 e. The number of carbonyl (C=O) groups is 1. The van der Waals surface area contributed by atoms with Gasteiger partial charge in [-0.15, -0.1) is 0 Å². The zero-order chi connectivity index (χ0) is 11.8. The standard InChI is InChI=1S/C9H7F3INO/c1-4(15)6-2-5(13)3-7(8(6)14)9(10,11)12/h2-3H,14H2,1H3. The number of alkyl halides is 3. The number of carbonyl (C=O) groups excluding carboxylic acids is 1. The Balaban J connectivity index is 3.49. The first-order valence-electron chi connectivity index (χ1n) is 3.90. The highest BCUT2D eigenvalue weighted by molar-refractivity contribution is 14.1. The first-order chi connectivity index (χ1) is 6.73. The summed E-state index contributed by atoms with van der Waals surface area (Å²) < 4.78 is 37.8. The Morgan fingerprint density at radius 2 is 1.93 bits per heavy atom. The van der Waals surface area contributed by atoms with Gasteiger partial charge < -0.3 is 5.73 Å². The van der Waals surface area contributed by atoms with Crippen molar-refractivity contribution < 1.29 is 18.0 Å². The number of rotatable bonds is 1. The molecule has 0 aliphatic rings. The number of nitrogens with two attached hydrogens (primary N) is 1. The van der Waals surface area contributed by atoms with Crippen LogP contribution in [0.15, 0.2) is 12.1 Å². The van der Waals surface area contributed by atoms with Gasteiger partial charge >= 0.3 is 6.18 Å². The summed E-state index contributed by atoms with van der Waals surface area (Å²) in [7, 11) is 0. The molecule has 2 nitrogen and oxygen atoms in total. The summed E-state index contributed by atoms with van der Waals surface area (Å²) in [6, 6.07) is 2.26. The van der Waals surface area contributed by atoms with Gasteiger partial charge in [-0.25, -0.2) is 0 Å². The second kappa shape index (κ2) is 3.99. The third-order valence-corrected chi connectivity index (χ3v) is 2.45. The molecule has 0 amide bonds. The molecule has 6 heteroatoms. The summed E-state index contributed by atoms with van der Waals surface area (Å²) in [4.78, 5) is 11.0. The maximum absolute atomic E-state index is 12.5. The maximum Gasteiger partial charge on any atom is 0.418 e. The fourth-order valence-electron chi connectivity index (χ4n) is 1.14. The predicted octanol–water partition coefficient (Wildman–Crippen LogP) is 3.09. The Morgan fingerprint density at radius 1 is 1.40 bits per heavy atom. The monoisotopic (exact) mass is 329 g/mol. The van der Waals surface area contributed by atoms with Crippen molar-refractivity contribution in [2.45, 2.75) is 13.1 Å². The van der Waals surface area contributed by atoms with Crippen LogP contribution in [0.5, 0.6) is 0 Å². The highest BCUT2D eigenvalue weighted by atomic mass is 127. The molecule has 1 rings (SSSR count). The van der Waals surface area contributed by atoms with Gasteiger partial charge in [0.25, 0.3) is 0 Å².